The standard InChI is InChI=1S/C18H28N4O3S/c1-4-5-12-21-13-14(2)22(18(21)19)26(24,25)17-8-6-16(7-9-17)10-11-20-15(3)23/h6-9,14,19H,4-5,10-13H2,1-3H3,(H,20,23). The Morgan fingerprint density at radius 2 is 1.96 bits per heavy atom. The maximum absolute atomic E-state index is 13.0. The van der Waals surface area contributed by atoms with Gasteiger partial charge >= 0.3 is 0 Å². The number of carbonyl (C=O) groups is 1. The molecule has 1 heterocycles. The van der Waals surface area contributed by atoms with Crippen LogP contribution in [-0.4, -0.2) is 55.2 Å². The third kappa shape index (κ3) is 4.55. The Labute approximate surface area is 155 Å². The number of hydrogen-bond acceptors (Lipinski definition) is 4. The van der Waals surface area contributed by atoms with Crippen molar-refractivity contribution in [2.45, 2.75) is 51.0 Å². The van der Waals surface area contributed by atoms with Crippen LogP contribution < -0.4 is 5.32 Å². The van der Waals surface area contributed by atoms with Crippen molar-refractivity contribution in [3.63, 3.8) is 0 Å². The Kier molecular flexibility index (Phi) is 6.63. The highest BCUT2D eigenvalue weighted by atomic mass is 32.2. The second-order valence-corrected chi connectivity index (χ2v) is 8.46. The second-order valence-electron chi connectivity index (χ2n) is 6.65. The summed E-state index contributed by atoms with van der Waals surface area (Å²) in [4.78, 5) is 12.9. The fourth-order valence-corrected chi connectivity index (χ4v) is 4.64. The Balaban J connectivity index is 2.11. The Hall–Kier alpha value is -2.09. The minimum Gasteiger partial charge on any atom is -0.356 e. The highest BCUT2D eigenvalue weighted by Gasteiger charge is 2.40. The van der Waals surface area contributed by atoms with Gasteiger partial charge in [0.1, 0.15) is 0 Å². The largest absolute Gasteiger partial charge is 0.356 e. The molecule has 1 saturated heterocycles. The molecule has 1 aliphatic rings. The van der Waals surface area contributed by atoms with E-state index < -0.39 is 10.0 Å². The van der Waals surface area contributed by atoms with Crippen LogP contribution in [0.15, 0.2) is 29.2 Å². The van der Waals surface area contributed by atoms with Gasteiger partial charge in [-0.25, -0.2) is 12.7 Å². The first-order chi connectivity index (χ1) is 12.3. The first kappa shape index (κ1) is 20.2. The van der Waals surface area contributed by atoms with Gasteiger partial charge in [0.05, 0.1) is 10.9 Å². The van der Waals surface area contributed by atoms with E-state index in [1.165, 1.54) is 11.2 Å². The van der Waals surface area contributed by atoms with E-state index in [0.29, 0.717) is 26.1 Å². The number of nitrogens with zero attached hydrogens (tertiary/aromatic N) is 2. The van der Waals surface area contributed by atoms with Crippen LogP contribution in [0.4, 0.5) is 0 Å². The van der Waals surface area contributed by atoms with Crippen molar-refractivity contribution < 1.29 is 13.2 Å². The maximum Gasteiger partial charge on any atom is 0.266 e. The van der Waals surface area contributed by atoms with E-state index in [0.717, 1.165) is 18.4 Å². The zero-order chi connectivity index (χ0) is 19.3. The van der Waals surface area contributed by atoms with Crippen LogP contribution in [0.5, 0.6) is 0 Å². The number of amides is 1. The average Bonchev–Trinajstić information content (AvgIpc) is 2.87. The van der Waals surface area contributed by atoms with Crippen LogP contribution in [0.3, 0.4) is 0 Å². The van der Waals surface area contributed by atoms with Gasteiger partial charge in [0.25, 0.3) is 10.0 Å². The van der Waals surface area contributed by atoms with Gasteiger partial charge < -0.3 is 10.2 Å². The minimum atomic E-state index is -3.75. The van der Waals surface area contributed by atoms with Gasteiger partial charge in [-0.2, -0.15) is 0 Å². The quantitative estimate of drug-likeness (QED) is 0.719. The topological polar surface area (TPSA) is 93.6 Å². The number of nitrogens with one attached hydrogen (secondary N) is 2. The lowest BCUT2D eigenvalue weighted by Gasteiger charge is -2.23. The predicted molar refractivity (Wildman–Crippen MR) is 102 cm³/mol. The molecule has 8 heteroatoms. The number of carbonyl (C=O) groups excluding carboxylic acids is 1. The average molecular weight is 381 g/mol. The molecule has 1 aromatic rings. The fraction of sp³-hybridized carbons (Fsp3) is 0.556. The summed E-state index contributed by atoms with van der Waals surface area (Å²) < 4.78 is 27.2. The monoisotopic (exact) mass is 380 g/mol. The van der Waals surface area contributed by atoms with Crippen LogP contribution >= 0.6 is 0 Å². The molecule has 1 unspecified atom stereocenters. The smallest absolute Gasteiger partial charge is 0.266 e. The predicted octanol–water partition coefficient (Wildman–Crippen LogP) is 1.79. The van der Waals surface area contributed by atoms with E-state index in [2.05, 4.69) is 12.2 Å². The first-order valence-corrected chi connectivity index (χ1v) is 10.4. The van der Waals surface area contributed by atoms with Crippen LogP contribution in [0.2, 0.25) is 0 Å². The molecule has 0 bridgehead atoms. The number of benzene rings is 1. The van der Waals surface area contributed by atoms with Crippen molar-refractivity contribution in [3.8, 4) is 0 Å². The molecular weight excluding hydrogens is 352 g/mol. The van der Waals surface area contributed by atoms with E-state index in [9.17, 15) is 13.2 Å². The summed E-state index contributed by atoms with van der Waals surface area (Å²) in [7, 11) is -3.75. The van der Waals surface area contributed by atoms with Gasteiger partial charge in [-0.3, -0.25) is 10.2 Å². The molecule has 1 amide bonds. The lowest BCUT2D eigenvalue weighted by molar-refractivity contribution is -0.118. The zero-order valence-corrected chi connectivity index (χ0v) is 16.5. The molecular formula is C18H28N4O3S. The molecule has 1 aliphatic heterocycles. The summed E-state index contributed by atoms with van der Waals surface area (Å²) in [5.74, 6) is -0.0287. The van der Waals surface area contributed by atoms with Gasteiger partial charge in [0, 0.05) is 26.6 Å². The van der Waals surface area contributed by atoms with E-state index in [1.807, 2.05) is 11.8 Å². The van der Waals surface area contributed by atoms with E-state index >= 15 is 0 Å². The number of sulfonamides is 1. The molecule has 2 N–H and O–H groups in total. The summed E-state index contributed by atoms with van der Waals surface area (Å²) in [6.07, 6.45) is 2.58. The zero-order valence-electron chi connectivity index (χ0n) is 15.7. The van der Waals surface area contributed by atoms with Crippen LogP contribution in [0, 0.1) is 5.41 Å². The fourth-order valence-electron chi connectivity index (χ4n) is 3.05. The van der Waals surface area contributed by atoms with Crippen molar-refractivity contribution >= 4 is 21.9 Å². The summed E-state index contributed by atoms with van der Waals surface area (Å²) >= 11 is 0. The normalized spacial score (nSPS) is 17.7. The summed E-state index contributed by atoms with van der Waals surface area (Å²) in [5.41, 5.74) is 0.951. The molecule has 0 aromatic heterocycles. The third-order valence-corrected chi connectivity index (χ3v) is 6.36. The lowest BCUT2D eigenvalue weighted by Crippen LogP contribution is -2.39. The lowest BCUT2D eigenvalue weighted by atomic mass is 10.1. The van der Waals surface area contributed by atoms with Crippen molar-refractivity contribution in [3.05, 3.63) is 29.8 Å². The number of guanidine groups is 1. The van der Waals surface area contributed by atoms with E-state index in [4.69, 9.17) is 5.41 Å². The van der Waals surface area contributed by atoms with E-state index in [1.54, 1.807) is 24.3 Å². The van der Waals surface area contributed by atoms with Crippen LogP contribution in [0.1, 0.15) is 39.2 Å². The maximum atomic E-state index is 13.0. The molecule has 0 radical (unpaired) electrons. The van der Waals surface area contributed by atoms with Crippen molar-refractivity contribution in [2.24, 2.45) is 0 Å². The molecule has 7 nitrogen and oxygen atoms in total. The van der Waals surface area contributed by atoms with Gasteiger partial charge in [0.2, 0.25) is 11.9 Å². The molecule has 1 aromatic carbocycles. The third-order valence-electron chi connectivity index (χ3n) is 4.44. The molecule has 1 atom stereocenters. The molecule has 144 valence electrons. The number of unbranched alkanes of at least 4 members (excludes halogenated alkanes) is 1. The minimum absolute atomic E-state index is 0.0562. The van der Waals surface area contributed by atoms with Crippen LogP contribution in [0.25, 0.3) is 0 Å². The number of rotatable bonds is 8. The first-order valence-electron chi connectivity index (χ1n) is 8.98. The van der Waals surface area contributed by atoms with Crippen molar-refractivity contribution in [1.29, 1.82) is 5.41 Å². The van der Waals surface area contributed by atoms with Gasteiger partial charge in [-0.1, -0.05) is 25.5 Å². The van der Waals surface area contributed by atoms with Crippen LogP contribution in [-0.2, 0) is 21.2 Å². The molecule has 0 saturated carbocycles. The highest BCUT2D eigenvalue weighted by Crippen LogP contribution is 2.25. The van der Waals surface area contributed by atoms with Crippen molar-refractivity contribution in [1.82, 2.24) is 14.5 Å². The van der Waals surface area contributed by atoms with Crippen molar-refractivity contribution in [2.75, 3.05) is 19.6 Å². The summed E-state index contributed by atoms with van der Waals surface area (Å²) in [6, 6.07) is 6.41. The number of hydrogen-bond donors (Lipinski definition) is 2. The molecule has 2 rings (SSSR count). The Morgan fingerprint density at radius 1 is 1.31 bits per heavy atom. The molecule has 0 spiro atoms. The Bertz CT molecular complexity index is 746. The molecule has 1 fully saturated rings. The Morgan fingerprint density at radius 3 is 2.54 bits per heavy atom. The van der Waals surface area contributed by atoms with E-state index in [-0.39, 0.29) is 22.8 Å². The highest BCUT2D eigenvalue weighted by molar-refractivity contribution is 7.89. The van der Waals surface area contributed by atoms with Gasteiger partial charge in [0.15, 0.2) is 0 Å². The molecule has 26 heavy (non-hydrogen) atoms. The SMILES string of the molecule is CCCCN1CC(C)N(S(=O)(=O)c2ccc(CCNC(C)=O)cc2)C1=N. The van der Waals surface area contributed by atoms with Gasteiger partial charge in [-0.15, -0.1) is 0 Å². The summed E-state index contributed by atoms with van der Waals surface area (Å²) in [5, 5.41) is 11.0. The van der Waals surface area contributed by atoms with Gasteiger partial charge in [-0.05, 0) is 37.5 Å². The molecule has 0 aliphatic carbocycles. The summed E-state index contributed by atoms with van der Waals surface area (Å²) in [6.45, 7) is 7.14. The second kappa shape index (κ2) is 8.53.